The highest BCUT2D eigenvalue weighted by molar-refractivity contribution is 5.21. The SMILES string of the molecule is CCC/C=C\C(C)=C(/C)N(C)C. The van der Waals surface area contributed by atoms with Crippen molar-refractivity contribution >= 4 is 0 Å². The van der Waals surface area contributed by atoms with Crippen LogP contribution in [0, 0.1) is 0 Å². The molecule has 70 valence electrons. The van der Waals surface area contributed by atoms with E-state index in [0.29, 0.717) is 0 Å². The largest absolute Gasteiger partial charge is 0.381 e. The van der Waals surface area contributed by atoms with E-state index in [1.54, 1.807) is 0 Å². The van der Waals surface area contributed by atoms with Gasteiger partial charge in [-0.25, -0.2) is 0 Å². The molecule has 0 unspecified atom stereocenters. The lowest BCUT2D eigenvalue weighted by atomic mass is 10.2. The van der Waals surface area contributed by atoms with Crippen LogP contribution >= 0.6 is 0 Å². The zero-order chi connectivity index (χ0) is 9.56. The molecule has 1 nitrogen and oxygen atoms in total. The summed E-state index contributed by atoms with van der Waals surface area (Å²) in [4.78, 5) is 2.14. The molecule has 0 amide bonds. The van der Waals surface area contributed by atoms with Gasteiger partial charge >= 0.3 is 0 Å². The lowest BCUT2D eigenvalue weighted by Crippen LogP contribution is -2.09. The molecule has 0 aliphatic carbocycles. The number of allylic oxidation sites excluding steroid dienone is 4. The normalized spacial score (nSPS) is 13.4. The Balaban J connectivity index is 4.16. The minimum absolute atomic E-state index is 1.18. The molecular weight excluding hydrogens is 146 g/mol. The summed E-state index contributed by atoms with van der Waals surface area (Å²) >= 11 is 0. The summed E-state index contributed by atoms with van der Waals surface area (Å²) in [5, 5.41) is 0. The summed E-state index contributed by atoms with van der Waals surface area (Å²) in [5.41, 5.74) is 2.69. The van der Waals surface area contributed by atoms with Gasteiger partial charge in [0.1, 0.15) is 0 Å². The monoisotopic (exact) mass is 167 g/mol. The fourth-order valence-corrected chi connectivity index (χ4v) is 0.900. The Labute approximate surface area is 76.8 Å². The molecule has 0 rings (SSSR count). The van der Waals surface area contributed by atoms with Gasteiger partial charge in [-0.05, 0) is 25.8 Å². The maximum atomic E-state index is 2.24. The van der Waals surface area contributed by atoms with Gasteiger partial charge in [-0.1, -0.05) is 25.5 Å². The number of hydrogen-bond donors (Lipinski definition) is 0. The summed E-state index contributed by atoms with van der Waals surface area (Å²) in [7, 11) is 4.15. The molecule has 0 radical (unpaired) electrons. The number of unbranched alkanes of at least 4 members (excludes halogenated alkanes) is 1. The first kappa shape index (κ1) is 11.3. The number of nitrogens with zero attached hydrogens (tertiary/aromatic N) is 1. The Morgan fingerprint density at radius 2 is 1.83 bits per heavy atom. The maximum absolute atomic E-state index is 2.24. The van der Waals surface area contributed by atoms with Crippen LogP contribution < -0.4 is 0 Å². The minimum atomic E-state index is 1.18. The smallest absolute Gasteiger partial charge is 0.0125 e. The highest BCUT2D eigenvalue weighted by atomic mass is 15.1. The average molecular weight is 167 g/mol. The van der Waals surface area contributed by atoms with Crippen LogP contribution in [-0.2, 0) is 0 Å². The third-order valence-electron chi connectivity index (χ3n) is 2.06. The molecule has 0 aliphatic heterocycles. The van der Waals surface area contributed by atoms with Crippen molar-refractivity contribution in [1.82, 2.24) is 4.90 Å². The van der Waals surface area contributed by atoms with Crippen LogP contribution in [0.1, 0.15) is 33.6 Å². The van der Waals surface area contributed by atoms with Gasteiger partial charge in [-0.2, -0.15) is 0 Å². The minimum Gasteiger partial charge on any atom is -0.381 e. The summed E-state index contributed by atoms with van der Waals surface area (Å²) < 4.78 is 0. The molecule has 12 heavy (non-hydrogen) atoms. The molecule has 0 heterocycles. The van der Waals surface area contributed by atoms with Crippen molar-refractivity contribution in [1.29, 1.82) is 0 Å². The zero-order valence-electron chi connectivity index (χ0n) is 9.02. The predicted octanol–water partition coefficient (Wildman–Crippen LogP) is 3.20. The molecule has 0 saturated heterocycles. The summed E-state index contributed by atoms with van der Waals surface area (Å²) in [6, 6.07) is 0. The van der Waals surface area contributed by atoms with Crippen LogP contribution in [0.3, 0.4) is 0 Å². The Bertz CT molecular complexity index is 175. The quantitative estimate of drug-likeness (QED) is 0.581. The Kier molecular flexibility index (Phi) is 5.52. The van der Waals surface area contributed by atoms with Crippen LogP contribution in [0.4, 0.5) is 0 Å². The second-order valence-corrected chi connectivity index (χ2v) is 3.35. The second-order valence-electron chi connectivity index (χ2n) is 3.35. The van der Waals surface area contributed by atoms with Gasteiger partial charge in [0.05, 0.1) is 0 Å². The predicted molar refractivity (Wildman–Crippen MR) is 56.1 cm³/mol. The molecule has 0 aromatic rings. The van der Waals surface area contributed by atoms with Gasteiger partial charge in [0.2, 0.25) is 0 Å². The fraction of sp³-hybridized carbons (Fsp3) is 0.636. The van der Waals surface area contributed by atoms with Gasteiger partial charge in [-0.3, -0.25) is 0 Å². The molecule has 0 aromatic carbocycles. The van der Waals surface area contributed by atoms with Crippen molar-refractivity contribution in [2.24, 2.45) is 0 Å². The molecule has 0 spiro atoms. The molecule has 0 aromatic heterocycles. The average Bonchev–Trinajstić information content (AvgIpc) is 2.03. The lowest BCUT2D eigenvalue weighted by Gasteiger charge is -2.14. The van der Waals surface area contributed by atoms with Crippen molar-refractivity contribution in [2.45, 2.75) is 33.6 Å². The lowest BCUT2D eigenvalue weighted by molar-refractivity contribution is 0.509. The maximum Gasteiger partial charge on any atom is 0.0125 e. The van der Waals surface area contributed by atoms with Gasteiger partial charge in [0.25, 0.3) is 0 Å². The van der Waals surface area contributed by atoms with Gasteiger partial charge in [0, 0.05) is 19.8 Å². The first-order valence-corrected chi connectivity index (χ1v) is 4.61. The molecule has 0 aliphatic rings. The molecule has 0 bridgehead atoms. The van der Waals surface area contributed by atoms with Crippen LogP contribution in [0.15, 0.2) is 23.4 Å². The van der Waals surface area contributed by atoms with E-state index in [1.807, 2.05) is 0 Å². The molecular formula is C11H21N. The third kappa shape index (κ3) is 4.22. The van der Waals surface area contributed by atoms with E-state index in [4.69, 9.17) is 0 Å². The number of hydrogen-bond acceptors (Lipinski definition) is 1. The molecule has 0 saturated carbocycles. The van der Waals surface area contributed by atoms with Gasteiger partial charge in [0.15, 0.2) is 0 Å². The summed E-state index contributed by atoms with van der Waals surface area (Å²) in [5.74, 6) is 0. The van der Waals surface area contributed by atoms with E-state index >= 15 is 0 Å². The van der Waals surface area contributed by atoms with Gasteiger partial charge in [-0.15, -0.1) is 0 Å². The van der Waals surface area contributed by atoms with E-state index in [2.05, 4.69) is 51.9 Å². The fourth-order valence-electron chi connectivity index (χ4n) is 0.900. The van der Waals surface area contributed by atoms with Crippen LogP contribution in [0.2, 0.25) is 0 Å². The molecule has 0 fully saturated rings. The standard InChI is InChI=1S/C11H21N/c1-6-7-8-9-10(2)11(3)12(4)5/h8-9H,6-7H2,1-5H3/b9-8-,11-10+. The molecule has 0 N–H and O–H groups in total. The van der Waals surface area contributed by atoms with Crippen molar-refractivity contribution in [3.8, 4) is 0 Å². The topological polar surface area (TPSA) is 3.24 Å². The Hall–Kier alpha value is -0.720. The van der Waals surface area contributed by atoms with Crippen LogP contribution in [0.5, 0.6) is 0 Å². The van der Waals surface area contributed by atoms with Crippen LogP contribution in [-0.4, -0.2) is 19.0 Å². The second kappa shape index (κ2) is 5.87. The van der Waals surface area contributed by atoms with E-state index in [-0.39, 0.29) is 0 Å². The van der Waals surface area contributed by atoms with E-state index in [9.17, 15) is 0 Å². The van der Waals surface area contributed by atoms with E-state index < -0.39 is 0 Å². The highest BCUT2D eigenvalue weighted by Gasteiger charge is 1.93. The van der Waals surface area contributed by atoms with E-state index in [0.717, 1.165) is 0 Å². The Morgan fingerprint density at radius 1 is 1.25 bits per heavy atom. The first-order valence-electron chi connectivity index (χ1n) is 4.61. The van der Waals surface area contributed by atoms with Crippen molar-refractivity contribution in [3.05, 3.63) is 23.4 Å². The number of rotatable bonds is 4. The first-order chi connectivity index (χ1) is 5.59. The van der Waals surface area contributed by atoms with Crippen molar-refractivity contribution in [3.63, 3.8) is 0 Å². The third-order valence-corrected chi connectivity index (χ3v) is 2.06. The Morgan fingerprint density at radius 3 is 2.25 bits per heavy atom. The summed E-state index contributed by atoms with van der Waals surface area (Å²) in [6.45, 7) is 6.50. The van der Waals surface area contributed by atoms with Crippen LogP contribution in [0.25, 0.3) is 0 Å². The van der Waals surface area contributed by atoms with Crippen molar-refractivity contribution < 1.29 is 0 Å². The molecule has 1 heteroatoms. The summed E-state index contributed by atoms with van der Waals surface area (Å²) in [6.07, 6.45) is 6.85. The van der Waals surface area contributed by atoms with E-state index in [1.165, 1.54) is 24.1 Å². The zero-order valence-corrected chi connectivity index (χ0v) is 9.02. The highest BCUT2D eigenvalue weighted by Crippen LogP contribution is 2.07. The molecule has 0 atom stereocenters. The van der Waals surface area contributed by atoms with Gasteiger partial charge < -0.3 is 4.90 Å². The van der Waals surface area contributed by atoms with Crippen molar-refractivity contribution in [2.75, 3.05) is 14.1 Å².